The minimum absolute atomic E-state index is 0.117. The largest absolute Gasteiger partial charge is 0.381 e. The molecule has 192 valence electrons. The number of ether oxygens (including phenoxy) is 1. The highest BCUT2D eigenvalue weighted by Crippen LogP contribution is 2.35. The molecule has 6 rings (SSSR count). The van der Waals surface area contributed by atoms with Crippen LogP contribution in [0, 0.1) is 13.8 Å². The molecule has 1 unspecified atom stereocenters. The van der Waals surface area contributed by atoms with Gasteiger partial charge in [0, 0.05) is 48.5 Å². The summed E-state index contributed by atoms with van der Waals surface area (Å²) in [6.07, 6.45) is 5.69. The van der Waals surface area contributed by atoms with Gasteiger partial charge in [-0.3, -0.25) is 4.79 Å². The summed E-state index contributed by atoms with van der Waals surface area (Å²) in [7, 11) is 0. The lowest BCUT2D eigenvalue weighted by Crippen LogP contribution is -2.31. The molecule has 0 bridgehead atoms. The molecule has 2 aliphatic rings. The van der Waals surface area contributed by atoms with Crippen molar-refractivity contribution in [3.05, 3.63) is 75.3 Å². The normalized spacial score (nSPS) is 18.7. The average molecular weight is 521 g/mol. The first-order valence-corrected chi connectivity index (χ1v) is 13.2. The number of hydrogen-bond acceptors (Lipinski definition) is 7. The van der Waals surface area contributed by atoms with Crippen molar-refractivity contribution in [2.75, 3.05) is 19.8 Å². The standard InChI is InChI=1S/C27H29ClN6O3/c1-16-20(14-19-6-3-4-7-22(19)28)17(2)34-25(30-16)21(15-29-34)27(35)33-11-5-8-23(33)26-31-24(32-37-26)18-9-12-36-13-10-18/h3-4,6-7,15,18,23H,5,8-14H2,1-2H3. The fourth-order valence-corrected chi connectivity index (χ4v) is 5.68. The third-order valence-corrected chi connectivity index (χ3v) is 7.98. The smallest absolute Gasteiger partial charge is 0.260 e. The molecule has 0 N–H and O–H groups in total. The van der Waals surface area contributed by atoms with E-state index in [-0.39, 0.29) is 17.9 Å². The Morgan fingerprint density at radius 1 is 1.14 bits per heavy atom. The number of benzene rings is 1. The van der Waals surface area contributed by atoms with Gasteiger partial charge in [0.15, 0.2) is 11.5 Å². The van der Waals surface area contributed by atoms with Gasteiger partial charge in [0.25, 0.3) is 5.91 Å². The summed E-state index contributed by atoms with van der Waals surface area (Å²) in [6.45, 7) is 6.02. The van der Waals surface area contributed by atoms with Gasteiger partial charge in [0.1, 0.15) is 11.6 Å². The van der Waals surface area contributed by atoms with Crippen molar-refractivity contribution in [3.63, 3.8) is 0 Å². The number of halogens is 1. The molecule has 0 spiro atoms. The summed E-state index contributed by atoms with van der Waals surface area (Å²) in [5, 5.41) is 9.52. The summed E-state index contributed by atoms with van der Waals surface area (Å²) < 4.78 is 12.9. The highest BCUT2D eigenvalue weighted by atomic mass is 35.5. The van der Waals surface area contributed by atoms with Crippen LogP contribution in [0.25, 0.3) is 5.65 Å². The van der Waals surface area contributed by atoms with E-state index in [9.17, 15) is 4.79 Å². The van der Waals surface area contributed by atoms with Crippen molar-refractivity contribution in [2.24, 2.45) is 0 Å². The predicted octanol–water partition coefficient (Wildman–Crippen LogP) is 4.84. The van der Waals surface area contributed by atoms with E-state index in [4.69, 9.17) is 30.8 Å². The molecule has 1 atom stereocenters. The first kappa shape index (κ1) is 24.1. The Morgan fingerprint density at radius 2 is 1.95 bits per heavy atom. The Balaban J connectivity index is 1.28. The van der Waals surface area contributed by atoms with E-state index >= 15 is 0 Å². The first-order chi connectivity index (χ1) is 18.0. The molecule has 1 amide bonds. The second-order valence-corrected chi connectivity index (χ2v) is 10.3. The molecule has 5 heterocycles. The van der Waals surface area contributed by atoms with Gasteiger partial charge in [-0.05, 0) is 56.7 Å². The lowest BCUT2D eigenvalue weighted by Gasteiger charge is -2.21. The molecule has 2 fully saturated rings. The van der Waals surface area contributed by atoms with Gasteiger partial charge >= 0.3 is 0 Å². The van der Waals surface area contributed by atoms with Crippen molar-refractivity contribution < 1.29 is 14.1 Å². The van der Waals surface area contributed by atoms with Crippen LogP contribution in [0.5, 0.6) is 0 Å². The molecule has 10 heteroatoms. The van der Waals surface area contributed by atoms with Gasteiger partial charge < -0.3 is 14.2 Å². The summed E-state index contributed by atoms with van der Waals surface area (Å²) in [5.74, 6) is 1.35. The summed E-state index contributed by atoms with van der Waals surface area (Å²) in [6, 6.07) is 7.56. The zero-order valence-corrected chi connectivity index (χ0v) is 21.7. The molecule has 4 aromatic rings. The van der Waals surface area contributed by atoms with E-state index < -0.39 is 0 Å². The van der Waals surface area contributed by atoms with Crippen LogP contribution in [0.15, 0.2) is 35.0 Å². The van der Waals surface area contributed by atoms with Gasteiger partial charge in [0.05, 0.1) is 6.20 Å². The fraction of sp³-hybridized carbons (Fsp3) is 0.444. The number of carbonyl (C=O) groups excluding carboxylic acids is 1. The van der Waals surface area contributed by atoms with E-state index in [2.05, 4.69) is 10.3 Å². The van der Waals surface area contributed by atoms with Crippen molar-refractivity contribution >= 4 is 23.2 Å². The number of hydrogen-bond donors (Lipinski definition) is 0. The SMILES string of the molecule is Cc1nc2c(C(=O)N3CCCC3c3nc(C4CCOCC4)no3)cnn2c(C)c1Cc1ccccc1Cl. The number of rotatable bonds is 5. The van der Waals surface area contributed by atoms with Crippen molar-refractivity contribution in [1.29, 1.82) is 0 Å². The first-order valence-electron chi connectivity index (χ1n) is 12.8. The number of amides is 1. The summed E-state index contributed by atoms with van der Waals surface area (Å²) >= 11 is 6.41. The zero-order valence-electron chi connectivity index (χ0n) is 21.0. The second-order valence-electron chi connectivity index (χ2n) is 9.86. The molecule has 0 aliphatic carbocycles. The van der Waals surface area contributed by atoms with Crippen LogP contribution in [-0.4, -0.2) is 55.3 Å². The van der Waals surface area contributed by atoms with Crippen LogP contribution >= 0.6 is 11.6 Å². The average Bonchev–Trinajstić information content (AvgIpc) is 3.67. The second kappa shape index (κ2) is 9.87. The van der Waals surface area contributed by atoms with Crippen LogP contribution < -0.4 is 0 Å². The maximum Gasteiger partial charge on any atom is 0.260 e. The topological polar surface area (TPSA) is 98.7 Å². The molecule has 2 saturated heterocycles. The number of aromatic nitrogens is 5. The predicted molar refractivity (Wildman–Crippen MR) is 137 cm³/mol. The van der Waals surface area contributed by atoms with Crippen molar-refractivity contribution in [2.45, 2.75) is 57.9 Å². The summed E-state index contributed by atoms with van der Waals surface area (Å²) in [5.41, 5.74) is 4.91. The van der Waals surface area contributed by atoms with Gasteiger partial charge in [-0.2, -0.15) is 10.1 Å². The molecule has 3 aromatic heterocycles. The van der Waals surface area contributed by atoms with E-state index in [0.29, 0.717) is 49.1 Å². The Labute approximate surface area is 219 Å². The van der Waals surface area contributed by atoms with Crippen molar-refractivity contribution in [1.82, 2.24) is 29.6 Å². The molecule has 1 aromatic carbocycles. The van der Waals surface area contributed by atoms with Crippen LogP contribution in [0.1, 0.15) is 82.2 Å². The van der Waals surface area contributed by atoms with Crippen LogP contribution in [0.4, 0.5) is 0 Å². The van der Waals surface area contributed by atoms with Gasteiger partial charge in [0.2, 0.25) is 5.89 Å². The number of nitrogens with zero attached hydrogens (tertiary/aromatic N) is 6. The molecule has 37 heavy (non-hydrogen) atoms. The van der Waals surface area contributed by atoms with Crippen LogP contribution in [0.2, 0.25) is 5.02 Å². The van der Waals surface area contributed by atoms with E-state index in [1.165, 1.54) is 0 Å². The quantitative estimate of drug-likeness (QED) is 0.371. The highest BCUT2D eigenvalue weighted by Gasteiger charge is 2.36. The monoisotopic (exact) mass is 520 g/mol. The Morgan fingerprint density at radius 3 is 2.76 bits per heavy atom. The maximum absolute atomic E-state index is 13.8. The maximum atomic E-state index is 13.8. The number of aryl methyl sites for hydroxylation is 2. The van der Waals surface area contributed by atoms with Crippen LogP contribution in [-0.2, 0) is 11.2 Å². The molecular formula is C27H29ClN6O3. The third-order valence-electron chi connectivity index (χ3n) is 7.61. The molecule has 9 nitrogen and oxygen atoms in total. The Hall–Kier alpha value is -3.30. The lowest BCUT2D eigenvalue weighted by atomic mass is 10.00. The van der Waals surface area contributed by atoms with Crippen molar-refractivity contribution in [3.8, 4) is 0 Å². The zero-order chi connectivity index (χ0) is 25.5. The third kappa shape index (κ3) is 4.40. The van der Waals surface area contributed by atoms with Gasteiger partial charge in [-0.25, -0.2) is 9.50 Å². The Bertz CT molecular complexity index is 1460. The minimum Gasteiger partial charge on any atom is -0.381 e. The minimum atomic E-state index is -0.245. The molecular weight excluding hydrogens is 492 g/mol. The fourth-order valence-electron chi connectivity index (χ4n) is 5.48. The molecule has 0 radical (unpaired) electrons. The van der Waals surface area contributed by atoms with E-state index in [1.807, 2.05) is 43.0 Å². The van der Waals surface area contributed by atoms with Gasteiger partial charge in [-0.15, -0.1) is 0 Å². The lowest BCUT2D eigenvalue weighted by molar-refractivity contribution is 0.0711. The van der Waals surface area contributed by atoms with E-state index in [0.717, 1.165) is 53.2 Å². The molecule has 2 aliphatic heterocycles. The van der Waals surface area contributed by atoms with Crippen LogP contribution in [0.3, 0.4) is 0 Å². The highest BCUT2D eigenvalue weighted by molar-refractivity contribution is 6.31. The number of likely N-dealkylation sites (tertiary alicyclic amines) is 1. The van der Waals surface area contributed by atoms with Gasteiger partial charge in [-0.1, -0.05) is 35.0 Å². The Kier molecular flexibility index (Phi) is 6.42. The van der Waals surface area contributed by atoms with E-state index in [1.54, 1.807) is 10.7 Å². The number of fused-ring (bicyclic) bond motifs is 1. The number of carbonyl (C=O) groups is 1. The molecule has 0 saturated carbocycles. The summed E-state index contributed by atoms with van der Waals surface area (Å²) in [4.78, 5) is 25.1.